The van der Waals surface area contributed by atoms with Crippen molar-refractivity contribution in [2.45, 2.75) is 6.10 Å². The number of aliphatic hydroxyl groups is 1. The molecule has 0 aromatic heterocycles. The second-order valence-electron chi connectivity index (χ2n) is 3.93. The molecule has 0 fully saturated rings. The Balaban J connectivity index is 2.49. The Kier molecular flexibility index (Phi) is 4.02. The first-order valence-electron chi connectivity index (χ1n) is 5.50. The van der Waals surface area contributed by atoms with E-state index < -0.39 is 17.7 Å². The molecule has 0 bridgehead atoms. The van der Waals surface area contributed by atoms with Gasteiger partial charge in [0.2, 0.25) is 0 Å². The summed E-state index contributed by atoms with van der Waals surface area (Å²) in [6, 6.07) is 8.07. The van der Waals surface area contributed by atoms with Gasteiger partial charge in [-0.3, -0.25) is 0 Å². The lowest BCUT2D eigenvalue weighted by Gasteiger charge is -2.16. The molecule has 2 aromatic rings. The van der Waals surface area contributed by atoms with E-state index in [2.05, 4.69) is 0 Å². The van der Waals surface area contributed by atoms with Crippen molar-refractivity contribution in [1.29, 1.82) is 0 Å². The van der Waals surface area contributed by atoms with Crippen molar-refractivity contribution in [2.75, 3.05) is 7.11 Å². The summed E-state index contributed by atoms with van der Waals surface area (Å²) in [6.45, 7) is 0. The van der Waals surface area contributed by atoms with E-state index >= 15 is 0 Å². The van der Waals surface area contributed by atoms with Gasteiger partial charge in [0.05, 0.1) is 12.1 Å². The minimum atomic E-state index is -1.20. The number of hydrogen-bond donors (Lipinski definition) is 1. The zero-order valence-corrected chi connectivity index (χ0v) is 10.8. The molecule has 0 aliphatic rings. The van der Waals surface area contributed by atoms with Gasteiger partial charge in [-0.25, -0.2) is 8.78 Å². The number of aliphatic hydroxyl groups excluding tert-OH is 1. The van der Waals surface area contributed by atoms with Gasteiger partial charge in [-0.15, -0.1) is 0 Å². The zero-order chi connectivity index (χ0) is 14.0. The number of ether oxygens (including phenoxy) is 1. The summed E-state index contributed by atoms with van der Waals surface area (Å²) in [7, 11) is 1.44. The lowest BCUT2D eigenvalue weighted by atomic mass is 10.0. The zero-order valence-electron chi connectivity index (χ0n) is 10.0. The van der Waals surface area contributed by atoms with Crippen LogP contribution in [-0.4, -0.2) is 12.2 Å². The Hall–Kier alpha value is -1.65. The predicted molar refractivity (Wildman–Crippen MR) is 68.4 cm³/mol. The van der Waals surface area contributed by atoms with E-state index in [0.29, 0.717) is 11.3 Å². The molecule has 0 aliphatic carbocycles. The molecule has 0 amide bonds. The number of benzene rings is 2. The lowest BCUT2D eigenvalue weighted by molar-refractivity contribution is 0.214. The number of hydrogen-bond acceptors (Lipinski definition) is 2. The highest BCUT2D eigenvalue weighted by molar-refractivity contribution is 6.31. The highest BCUT2D eigenvalue weighted by Crippen LogP contribution is 2.35. The van der Waals surface area contributed by atoms with Gasteiger partial charge in [0, 0.05) is 5.56 Å². The molecule has 1 unspecified atom stereocenters. The predicted octanol–water partition coefficient (Wildman–Crippen LogP) is 3.71. The van der Waals surface area contributed by atoms with E-state index in [1.165, 1.54) is 13.2 Å². The molecule has 0 radical (unpaired) electrons. The molecule has 0 saturated heterocycles. The van der Waals surface area contributed by atoms with Crippen molar-refractivity contribution in [3.8, 4) is 5.75 Å². The fourth-order valence-corrected chi connectivity index (χ4v) is 2.08. The van der Waals surface area contributed by atoms with Crippen LogP contribution in [0.3, 0.4) is 0 Å². The van der Waals surface area contributed by atoms with Gasteiger partial charge in [-0.1, -0.05) is 23.7 Å². The average Bonchev–Trinajstić information content (AvgIpc) is 2.40. The largest absolute Gasteiger partial charge is 0.496 e. The van der Waals surface area contributed by atoms with Crippen LogP contribution in [0.1, 0.15) is 17.2 Å². The molecule has 2 nitrogen and oxygen atoms in total. The highest BCUT2D eigenvalue weighted by atomic mass is 35.5. The summed E-state index contributed by atoms with van der Waals surface area (Å²) in [6.07, 6.45) is -1.20. The molecule has 1 N–H and O–H groups in total. The Morgan fingerprint density at radius 3 is 2.53 bits per heavy atom. The summed E-state index contributed by atoms with van der Waals surface area (Å²) in [4.78, 5) is 0. The van der Waals surface area contributed by atoms with Crippen molar-refractivity contribution in [3.63, 3.8) is 0 Å². The van der Waals surface area contributed by atoms with Crippen molar-refractivity contribution in [1.82, 2.24) is 0 Å². The molecule has 2 rings (SSSR count). The van der Waals surface area contributed by atoms with E-state index in [1.54, 1.807) is 18.2 Å². The van der Waals surface area contributed by atoms with Crippen LogP contribution in [0.4, 0.5) is 8.78 Å². The van der Waals surface area contributed by atoms with E-state index in [9.17, 15) is 13.9 Å². The lowest BCUT2D eigenvalue weighted by Crippen LogP contribution is -2.04. The number of halogens is 3. The molecular weight excluding hydrogens is 274 g/mol. The van der Waals surface area contributed by atoms with E-state index in [1.807, 2.05) is 0 Å². The van der Waals surface area contributed by atoms with Crippen LogP contribution >= 0.6 is 11.6 Å². The smallest absolute Gasteiger partial charge is 0.159 e. The first-order valence-corrected chi connectivity index (χ1v) is 5.87. The molecule has 19 heavy (non-hydrogen) atoms. The van der Waals surface area contributed by atoms with Crippen molar-refractivity contribution >= 4 is 11.6 Å². The Morgan fingerprint density at radius 1 is 1.16 bits per heavy atom. The average molecular weight is 285 g/mol. The fourth-order valence-electron chi connectivity index (χ4n) is 1.81. The Morgan fingerprint density at radius 2 is 1.89 bits per heavy atom. The van der Waals surface area contributed by atoms with Crippen molar-refractivity contribution in [2.24, 2.45) is 0 Å². The van der Waals surface area contributed by atoms with Crippen LogP contribution in [-0.2, 0) is 0 Å². The minimum Gasteiger partial charge on any atom is -0.496 e. The molecule has 0 aliphatic heterocycles. The molecular formula is C14H11ClF2O2. The molecule has 0 saturated carbocycles. The van der Waals surface area contributed by atoms with Crippen LogP contribution < -0.4 is 4.74 Å². The maximum absolute atomic E-state index is 13.2. The minimum absolute atomic E-state index is 0.199. The number of methoxy groups -OCH3 is 1. The van der Waals surface area contributed by atoms with Crippen LogP contribution in [0.15, 0.2) is 36.4 Å². The highest BCUT2D eigenvalue weighted by Gasteiger charge is 2.20. The first-order chi connectivity index (χ1) is 9.04. The van der Waals surface area contributed by atoms with E-state index in [4.69, 9.17) is 16.3 Å². The Bertz CT molecular complexity index is 602. The topological polar surface area (TPSA) is 29.5 Å². The first kappa shape index (κ1) is 13.8. The van der Waals surface area contributed by atoms with Crippen LogP contribution in [0.25, 0.3) is 0 Å². The van der Waals surface area contributed by atoms with Gasteiger partial charge < -0.3 is 9.84 Å². The van der Waals surface area contributed by atoms with Crippen molar-refractivity contribution < 1.29 is 18.6 Å². The summed E-state index contributed by atoms with van der Waals surface area (Å²) in [5, 5.41) is 10.5. The third-order valence-electron chi connectivity index (χ3n) is 2.77. The van der Waals surface area contributed by atoms with Gasteiger partial charge in [0.1, 0.15) is 11.9 Å². The molecule has 5 heteroatoms. The van der Waals surface area contributed by atoms with E-state index in [-0.39, 0.29) is 10.6 Å². The third-order valence-corrected chi connectivity index (χ3v) is 3.10. The van der Waals surface area contributed by atoms with Gasteiger partial charge in [-0.2, -0.15) is 0 Å². The van der Waals surface area contributed by atoms with Crippen LogP contribution in [0.2, 0.25) is 5.02 Å². The SMILES string of the molecule is COc1cccc(Cl)c1C(O)c1ccc(F)c(F)c1. The monoisotopic (exact) mass is 284 g/mol. The quantitative estimate of drug-likeness (QED) is 0.931. The summed E-state index contributed by atoms with van der Waals surface area (Å²) in [5.74, 6) is -1.62. The Labute approximate surface area is 114 Å². The van der Waals surface area contributed by atoms with Gasteiger partial charge in [0.25, 0.3) is 0 Å². The molecule has 2 aromatic carbocycles. The summed E-state index contributed by atoms with van der Waals surface area (Å²) < 4.78 is 31.2. The maximum atomic E-state index is 13.2. The molecule has 1 atom stereocenters. The molecule has 0 spiro atoms. The standard InChI is InChI=1S/C14H11ClF2O2/c1-19-12-4-2-3-9(15)13(12)14(18)8-5-6-10(16)11(17)7-8/h2-7,14,18H,1H3. The second-order valence-corrected chi connectivity index (χ2v) is 4.34. The van der Waals surface area contributed by atoms with Gasteiger partial charge in [-0.05, 0) is 29.8 Å². The van der Waals surface area contributed by atoms with Crippen LogP contribution in [0.5, 0.6) is 5.75 Å². The molecule has 100 valence electrons. The van der Waals surface area contributed by atoms with E-state index in [0.717, 1.165) is 12.1 Å². The summed E-state index contributed by atoms with van der Waals surface area (Å²) >= 11 is 6.02. The number of rotatable bonds is 3. The summed E-state index contributed by atoms with van der Waals surface area (Å²) in [5.41, 5.74) is 0.517. The fraction of sp³-hybridized carbons (Fsp3) is 0.143. The maximum Gasteiger partial charge on any atom is 0.159 e. The van der Waals surface area contributed by atoms with Gasteiger partial charge >= 0.3 is 0 Å². The van der Waals surface area contributed by atoms with Crippen molar-refractivity contribution in [3.05, 3.63) is 64.2 Å². The normalized spacial score (nSPS) is 12.3. The third kappa shape index (κ3) is 2.69. The second kappa shape index (κ2) is 5.55. The molecule has 0 heterocycles. The van der Waals surface area contributed by atoms with Crippen LogP contribution in [0, 0.1) is 11.6 Å². The van der Waals surface area contributed by atoms with Gasteiger partial charge in [0.15, 0.2) is 11.6 Å².